The summed E-state index contributed by atoms with van der Waals surface area (Å²) in [5.41, 5.74) is 0.0263. The van der Waals surface area contributed by atoms with Crippen LogP contribution in [-0.4, -0.2) is 41.5 Å². The Bertz CT molecular complexity index is 437. The molecule has 2 rings (SSSR count). The Kier molecular flexibility index (Phi) is 4.39. The molecule has 1 aliphatic rings. The molecule has 1 aromatic rings. The van der Waals surface area contributed by atoms with Crippen LogP contribution in [0.4, 0.5) is 0 Å². The number of para-hydroxylation sites is 1. The van der Waals surface area contributed by atoms with Crippen molar-refractivity contribution in [2.24, 2.45) is 0 Å². The van der Waals surface area contributed by atoms with Crippen molar-refractivity contribution >= 4 is 5.97 Å². The third kappa shape index (κ3) is 3.24. The molecule has 0 aromatic heterocycles. The Morgan fingerprint density at radius 3 is 2.68 bits per heavy atom. The van der Waals surface area contributed by atoms with Gasteiger partial charge in [-0.15, -0.1) is 0 Å². The molecule has 0 amide bonds. The van der Waals surface area contributed by atoms with Crippen LogP contribution in [0, 0.1) is 0 Å². The van der Waals surface area contributed by atoms with E-state index in [1.807, 2.05) is 0 Å². The van der Waals surface area contributed by atoms with Crippen LogP contribution >= 0.6 is 0 Å². The molecular weight excluding hydrogens is 246 g/mol. The van der Waals surface area contributed by atoms with E-state index in [1.165, 1.54) is 6.07 Å². The van der Waals surface area contributed by atoms with Crippen LogP contribution in [0.1, 0.15) is 29.6 Å². The minimum atomic E-state index is -0.991. The predicted octanol–water partition coefficient (Wildman–Crippen LogP) is 1.27. The minimum Gasteiger partial charge on any atom is -0.491 e. The van der Waals surface area contributed by atoms with E-state index in [0.717, 1.165) is 19.3 Å². The number of aromatic carboxylic acids is 1. The summed E-state index contributed by atoms with van der Waals surface area (Å²) in [4.78, 5) is 11.0. The van der Waals surface area contributed by atoms with Gasteiger partial charge in [-0.25, -0.2) is 4.79 Å². The average Bonchev–Trinajstić information content (AvgIpc) is 2.37. The molecule has 0 atom stereocenters. The van der Waals surface area contributed by atoms with E-state index in [1.54, 1.807) is 18.2 Å². The predicted molar refractivity (Wildman–Crippen MR) is 70.6 cm³/mol. The SMILES string of the molecule is O=C(O)c1ccccc1OCCNC1(CO)CCC1. The molecule has 0 saturated heterocycles. The van der Waals surface area contributed by atoms with Crippen molar-refractivity contribution in [1.82, 2.24) is 5.32 Å². The van der Waals surface area contributed by atoms with E-state index >= 15 is 0 Å². The fourth-order valence-electron chi connectivity index (χ4n) is 2.24. The van der Waals surface area contributed by atoms with Gasteiger partial charge in [0.25, 0.3) is 0 Å². The lowest BCUT2D eigenvalue weighted by Gasteiger charge is -2.41. The molecule has 1 aromatic carbocycles. The number of ether oxygens (including phenoxy) is 1. The molecule has 19 heavy (non-hydrogen) atoms. The number of aliphatic hydroxyl groups is 1. The number of carboxylic acid groups (broad SMARTS) is 1. The lowest BCUT2D eigenvalue weighted by atomic mass is 9.77. The summed E-state index contributed by atoms with van der Waals surface area (Å²) in [6.07, 6.45) is 3.10. The minimum absolute atomic E-state index is 0.138. The van der Waals surface area contributed by atoms with Crippen molar-refractivity contribution in [3.05, 3.63) is 29.8 Å². The lowest BCUT2D eigenvalue weighted by molar-refractivity contribution is 0.0690. The number of nitrogens with one attached hydrogen (secondary N) is 1. The fourth-order valence-corrected chi connectivity index (χ4v) is 2.24. The third-order valence-corrected chi connectivity index (χ3v) is 3.59. The van der Waals surface area contributed by atoms with Gasteiger partial charge < -0.3 is 20.3 Å². The van der Waals surface area contributed by atoms with Gasteiger partial charge in [0, 0.05) is 12.1 Å². The Morgan fingerprint density at radius 2 is 2.11 bits per heavy atom. The standard InChI is InChI=1S/C14H19NO4/c16-10-14(6-3-7-14)15-8-9-19-12-5-2-1-4-11(12)13(17)18/h1-2,4-5,15-16H,3,6-10H2,(H,17,18). The molecule has 5 nitrogen and oxygen atoms in total. The topological polar surface area (TPSA) is 78.8 Å². The van der Waals surface area contributed by atoms with Crippen LogP contribution in [0.25, 0.3) is 0 Å². The number of benzene rings is 1. The maximum atomic E-state index is 11.0. The summed E-state index contributed by atoms with van der Waals surface area (Å²) in [6.45, 7) is 1.11. The number of hydrogen-bond acceptors (Lipinski definition) is 4. The van der Waals surface area contributed by atoms with E-state index in [4.69, 9.17) is 9.84 Å². The van der Waals surface area contributed by atoms with E-state index in [-0.39, 0.29) is 17.7 Å². The van der Waals surface area contributed by atoms with Gasteiger partial charge in [0.05, 0.1) is 6.61 Å². The Labute approximate surface area is 112 Å². The van der Waals surface area contributed by atoms with Crippen LogP contribution in [0.2, 0.25) is 0 Å². The molecule has 104 valence electrons. The zero-order valence-corrected chi connectivity index (χ0v) is 10.8. The van der Waals surface area contributed by atoms with E-state index in [9.17, 15) is 9.90 Å². The molecule has 0 heterocycles. The molecule has 0 spiro atoms. The summed E-state index contributed by atoms with van der Waals surface area (Å²) < 4.78 is 5.48. The van der Waals surface area contributed by atoms with Gasteiger partial charge in [0.2, 0.25) is 0 Å². The molecule has 1 saturated carbocycles. The van der Waals surface area contributed by atoms with Crippen molar-refractivity contribution in [3.63, 3.8) is 0 Å². The molecule has 0 bridgehead atoms. The highest BCUT2D eigenvalue weighted by Crippen LogP contribution is 2.30. The highest BCUT2D eigenvalue weighted by molar-refractivity contribution is 5.90. The van der Waals surface area contributed by atoms with Crippen molar-refractivity contribution in [1.29, 1.82) is 0 Å². The zero-order chi connectivity index (χ0) is 13.7. The molecule has 0 radical (unpaired) electrons. The zero-order valence-electron chi connectivity index (χ0n) is 10.8. The first-order valence-electron chi connectivity index (χ1n) is 6.48. The van der Waals surface area contributed by atoms with Gasteiger partial charge >= 0.3 is 5.97 Å². The maximum absolute atomic E-state index is 11.0. The van der Waals surface area contributed by atoms with Gasteiger partial charge in [0.15, 0.2) is 0 Å². The highest BCUT2D eigenvalue weighted by atomic mass is 16.5. The van der Waals surface area contributed by atoms with Crippen molar-refractivity contribution in [3.8, 4) is 5.75 Å². The second-order valence-corrected chi connectivity index (χ2v) is 4.87. The van der Waals surface area contributed by atoms with Gasteiger partial charge in [-0.1, -0.05) is 12.1 Å². The van der Waals surface area contributed by atoms with E-state index in [2.05, 4.69) is 5.32 Å². The monoisotopic (exact) mass is 265 g/mol. The maximum Gasteiger partial charge on any atom is 0.339 e. The lowest BCUT2D eigenvalue weighted by Crippen LogP contribution is -2.54. The Morgan fingerprint density at radius 1 is 1.37 bits per heavy atom. The summed E-state index contributed by atoms with van der Waals surface area (Å²) in [6, 6.07) is 6.58. The first-order valence-corrected chi connectivity index (χ1v) is 6.48. The van der Waals surface area contributed by atoms with Crippen LogP contribution in [0.3, 0.4) is 0 Å². The normalized spacial score (nSPS) is 16.7. The molecule has 0 unspecified atom stereocenters. The first kappa shape index (κ1) is 13.8. The largest absolute Gasteiger partial charge is 0.491 e. The van der Waals surface area contributed by atoms with Crippen LogP contribution < -0.4 is 10.1 Å². The average molecular weight is 265 g/mol. The van der Waals surface area contributed by atoms with Gasteiger partial charge in [-0.3, -0.25) is 0 Å². The molecule has 5 heteroatoms. The summed E-state index contributed by atoms with van der Waals surface area (Å²) in [5, 5.41) is 21.6. The van der Waals surface area contributed by atoms with Crippen molar-refractivity contribution < 1.29 is 19.7 Å². The number of carboxylic acids is 1. The second-order valence-electron chi connectivity index (χ2n) is 4.87. The Balaban J connectivity index is 1.81. The fraction of sp³-hybridized carbons (Fsp3) is 0.500. The molecule has 1 aliphatic carbocycles. The van der Waals surface area contributed by atoms with Crippen molar-refractivity contribution in [2.75, 3.05) is 19.8 Å². The van der Waals surface area contributed by atoms with Gasteiger partial charge in [-0.05, 0) is 31.4 Å². The number of rotatable bonds is 7. The van der Waals surface area contributed by atoms with Crippen LogP contribution in [0.5, 0.6) is 5.75 Å². The highest BCUT2D eigenvalue weighted by Gasteiger charge is 2.35. The smallest absolute Gasteiger partial charge is 0.339 e. The van der Waals surface area contributed by atoms with Crippen molar-refractivity contribution in [2.45, 2.75) is 24.8 Å². The first-order chi connectivity index (χ1) is 9.17. The van der Waals surface area contributed by atoms with E-state index < -0.39 is 5.97 Å². The summed E-state index contributed by atoms with van der Waals surface area (Å²) >= 11 is 0. The second kappa shape index (κ2) is 6.04. The molecular formula is C14H19NO4. The summed E-state index contributed by atoms with van der Waals surface area (Å²) in [5.74, 6) is -0.613. The van der Waals surface area contributed by atoms with Gasteiger partial charge in [-0.2, -0.15) is 0 Å². The van der Waals surface area contributed by atoms with Crippen LogP contribution in [0.15, 0.2) is 24.3 Å². The molecule has 3 N–H and O–H groups in total. The number of carbonyl (C=O) groups is 1. The quantitative estimate of drug-likeness (QED) is 0.647. The summed E-state index contributed by atoms with van der Waals surface area (Å²) in [7, 11) is 0. The van der Waals surface area contributed by atoms with E-state index in [0.29, 0.717) is 18.9 Å². The third-order valence-electron chi connectivity index (χ3n) is 3.59. The number of aliphatic hydroxyl groups excluding tert-OH is 1. The molecule has 1 fully saturated rings. The van der Waals surface area contributed by atoms with Gasteiger partial charge in [0.1, 0.15) is 17.9 Å². The number of hydrogen-bond donors (Lipinski definition) is 3. The Hall–Kier alpha value is -1.59. The van der Waals surface area contributed by atoms with Crippen LogP contribution in [-0.2, 0) is 0 Å². The molecule has 0 aliphatic heterocycles.